The van der Waals surface area contributed by atoms with E-state index in [-0.39, 0.29) is 12.1 Å². The maximum Gasteiger partial charge on any atom is 0.410 e. The zero-order valence-corrected chi connectivity index (χ0v) is 13.8. The highest BCUT2D eigenvalue weighted by Gasteiger charge is 2.31. The molecule has 0 saturated carbocycles. The molecule has 2 atom stereocenters. The van der Waals surface area contributed by atoms with E-state index in [1.807, 2.05) is 25.7 Å². The summed E-state index contributed by atoms with van der Waals surface area (Å²) >= 11 is 0. The molecule has 2 heterocycles. The van der Waals surface area contributed by atoms with Crippen molar-refractivity contribution in [1.29, 1.82) is 0 Å². The van der Waals surface area contributed by atoms with Crippen LogP contribution in [0.1, 0.15) is 52.9 Å². The van der Waals surface area contributed by atoms with Crippen molar-refractivity contribution in [1.82, 2.24) is 15.5 Å². The van der Waals surface area contributed by atoms with E-state index < -0.39 is 5.60 Å². The lowest BCUT2D eigenvalue weighted by Gasteiger charge is -2.29. The van der Waals surface area contributed by atoms with Gasteiger partial charge in [0.1, 0.15) is 5.60 Å². The topological polar surface area (TPSA) is 53.6 Å². The van der Waals surface area contributed by atoms with Crippen molar-refractivity contribution in [3.05, 3.63) is 0 Å². The fourth-order valence-corrected chi connectivity index (χ4v) is 3.13. The molecule has 0 bridgehead atoms. The molecular formula is C16H31N3O2. The number of likely N-dealkylation sites (tertiary alicyclic amines) is 1. The maximum absolute atomic E-state index is 12.2. The standard InChI is InChI=1S/C16H31N3O2/c1-16(2,3)21-15(20)19-10-6-8-14(19)12-17-11-13-7-4-5-9-18-13/h13-14,17-18H,4-12H2,1-3H3. The van der Waals surface area contributed by atoms with Gasteiger partial charge in [-0.1, -0.05) is 6.42 Å². The number of nitrogens with one attached hydrogen (secondary N) is 2. The Morgan fingerprint density at radius 3 is 2.71 bits per heavy atom. The first kappa shape index (κ1) is 16.6. The van der Waals surface area contributed by atoms with Crippen LogP contribution >= 0.6 is 0 Å². The summed E-state index contributed by atoms with van der Waals surface area (Å²) in [5.41, 5.74) is -0.413. The van der Waals surface area contributed by atoms with E-state index in [1.54, 1.807) is 0 Å². The first-order valence-electron chi connectivity index (χ1n) is 8.39. The molecule has 0 spiro atoms. The van der Waals surface area contributed by atoms with Gasteiger partial charge in [0.25, 0.3) is 0 Å². The summed E-state index contributed by atoms with van der Waals surface area (Å²) in [6, 6.07) is 0.874. The van der Waals surface area contributed by atoms with Crippen molar-refractivity contribution in [3.63, 3.8) is 0 Å². The highest BCUT2D eigenvalue weighted by Crippen LogP contribution is 2.20. The van der Waals surface area contributed by atoms with Crippen LogP contribution in [0.3, 0.4) is 0 Å². The number of rotatable bonds is 4. The third kappa shape index (κ3) is 5.47. The smallest absolute Gasteiger partial charge is 0.410 e. The van der Waals surface area contributed by atoms with Gasteiger partial charge in [-0.05, 0) is 53.0 Å². The van der Waals surface area contributed by atoms with E-state index in [9.17, 15) is 4.79 Å². The molecular weight excluding hydrogens is 266 g/mol. The second-order valence-electron chi connectivity index (χ2n) is 7.27. The molecule has 2 saturated heterocycles. The molecule has 2 rings (SSSR count). The molecule has 2 unspecified atom stereocenters. The lowest BCUT2D eigenvalue weighted by atomic mass is 10.1. The Morgan fingerprint density at radius 1 is 1.24 bits per heavy atom. The molecule has 0 aliphatic carbocycles. The highest BCUT2D eigenvalue weighted by molar-refractivity contribution is 5.69. The summed E-state index contributed by atoms with van der Waals surface area (Å²) in [5, 5.41) is 7.07. The number of carbonyl (C=O) groups excluding carboxylic acids is 1. The van der Waals surface area contributed by atoms with E-state index in [2.05, 4.69) is 10.6 Å². The minimum absolute atomic E-state index is 0.164. The van der Waals surface area contributed by atoms with Crippen LogP contribution in [0.25, 0.3) is 0 Å². The second kappa shape index (κ2) is 7.45. The predicted molar refractivity (Wildman–Crippen MR) is 84.5 cm³/mol. The van der Waals surface area contributed by atoms with Crippen molar-refractivity contribution in [2.75, 3.05) is 26.2 Å². The number of hydrogen-bond donors (Lipinski definition) is 2. The van der Waals surface area contributed by atoms with Gasteiger partial charge < -0.3 is 20.3 Å². The van der Waals surface area contributed by atoms with Crippen molar-refractivity contribution in [2.24, 2.45) is 0 Å². The van der Waals surface area contributed by atoms with Crippen LogP contribution in [0.5, 0.6) is 0 Å². The molecule has 2 N–H and O–H groups in total. The summed E-state index contributed by atoms with van der Waals surface area (Å²) < 4.78 is 5.50. The molecule has 0 aromatic carbocycles. The normalized spacial score (nSPS) is 26.9. The summed E-state index contributed by atoms with van der Waals surface area (Å²) in [4.78, 5) is 14.1. The van der Waals surface area contributed by atoms with Crippen molar-refractivity contribution < 1.29 is 9.53 Å². The molecule has 2 fully saturated rings. The predicted octanol–water partition coefficient (Wildman–Crippen LogP) is 2.12. The average molecular weight is 297 g/mol. The van der Waals surface area contributed by atoms with Crippen LogP contribution < -0.4 is 10.6 Å². The van der Waals surface area contributed by atoms with Gasteiger partial charge in [0, 0.05) is 31.7 Å². The minimum Gasteiger partial charge on any atom is -0.444 e. The van der Waals surface area contributed by atoms with Gasteiger partial charge in [0.05, 0.1) is 0 Å². The zero-order valence-electron chi connectivity index (χ0n) is 13.8. The third-order valence-electron chi connectivity index (χ3n) is 4.19. The Kier molecular flexibility index (Phi) is 5.88. The number of hydrogen-bond acceptors (Lipinski definition) is 4. The van der Waals surface area contributed by atoms with Gasteiger partial charge in [-0.15, -0.1) is 0 Å². The maximum atomic E-state index is 12.2. The number of piperidine rings is 1. The lowest BCUT2D eigenvalue weighted by Crippen LogP contribution is -2.47. The second-order valence-corrected chi connectivity index (χ2v) is 7.27. The summed E-state index contributed by atoms with van der Waals surface area (Å²) in [5.74, 6) is 0. The molecule has 122 valence electrons. The SMILES string of the molecule is CC(C)(C)OC(=O)N1CCCC1CNCC1CCCCN1. The summed E-state index contributed by atoms with van der Waals surface area (Å²) in [6.07, 6.45) is 5.87. The van der Waals surface area contributed by atoms with E-state index in [4.69, 9.17) is 4.74 Å². The van der Waals surface area contributed by atoms with Crippen molar-refractivity contribution >= 4 is 6.09 Å². The number of ether oxygens (including phenoxy) is 1. The highest BCUT2D eigenvalue weighted by atomic mass is 16.6. The molecule has 1 amide bonds. The van der Waals surface area contributed by atoms with Gasteiger partial charge in [-0.3, -0.25) is 0 Å². The van der Waals surface area contributed by atoms with Gasteiger partial charge in [0.15, 0.2) is 0 Å². The number of nitrogens with zero attached hydrogens (tertiary/aromatic N) is 1. The van der Waals surface area contributed by atoms with Crippen LogP contribution in [0.15, 0.2) is 0 Å². The van der Waals surface area contributed by atoms with Crippen molar-refractivity contribution in [3.8, 4) is 0 Å². The Bertz CT molecular complexity index is 335. The first-order valence-corrected chi connectivity index (χ1v) is 8.39. The Labute approximate surface area is 128 Å². The van der Waals surface area contributed by atoms with Gasteiger partial charge in [-0.25, -0.2) is 4.79 Å². The van der Waals surface area contributed by atoms with E-state index in [0.717, 1.165) is 39.0 Å². The molecule has 5 nitrogen and oxygen atoms in total. The first-order chi connectivity index (χ1) is 9.96. The number of amides is 1. The van der Waals surface area contributed by atoms with Crippen LogP contribution in [0, 0.1) is 0 Å². The van der Waals surface area contributed by atoms with E-state index in [1.165, 1.54) is 19.3 Å². The van der Waals surface area contributed by atoms with Gasteiger partial charge in [0.2, 0.25) is 0 Å². The molecule has 0 radical (unpaired) electrons. The Balaban J connectivity index is 1.72. The van der Waals surface area contributed by atoms with Crippen LogP contribution in [0.4, 0.5) is 4.79 Å². The molecule has 2 aliphatic rings. The van der Waals surface area contributed by atoms with Gasteiger partial charge >= 0.3 is 6.09 Å². The third-order valence-corrected chi connectivity index (χ3v) is 4.19. The lowest BCUT2D eigenvalue weighted by molar-refractivity contribution is 0.0226. The molecule has 0 aromatic heterocycles. The largest absolute Gasteiger partial charge is 0.444 e. The molecule has 5 heteroatoms. The quantitative estimate of drug-likeness (QED) is 0.834. The van der Waals surface area contributed by atoms with E-state index in [0.29, 0.717) is 6.04 Å². The summed E-state index contributed by atoms with van der Waals surface area (Å²) in [7, 11) is 0. The van der Waals surface area contributed by atoms with Crippen LogP contribution in [-0.4, -0.2) is 54.9 Å². The average Bonchev–Trinajstić information content (AvgIpc) is 2.86. The van der Waals surface area contributed by atoms with Crippen LogP contribution in [0.2, 0.25) is 0 Å². The monoisotopic (exact) mass is 297 g/mol. The van der Waals surface area contributed by atoms with Crippen LogP contribution in [-0.2, 0) is 4.74 Å². The minimum atomic E-state index is -0.413. The fourth-order valence-electron chi connectivity index (χ4n) is 3.13. The van der Waals surface area contributed by atoms with E-state index >= 15 is 0 Å². The Hall–Kier alpha value is -0.810. The molecule has 21 heavy (non-hydrogen) atoms. The fraction of sp³-hybridized carbons (Fsp3) is 0.938. The molecule has 2 aliphatic heterocycles. The summed E-state index contributed by atoms with van der Waals surface area (Å²) in [6.45, 7) is 9.59. The van der Waals surface area contributed by atoms with Gasteiger partial charge in [-0.2, -0.15) is 0 Å². The van der Waals surface area contributed by atoms with Crippen molar-refractivity contribution in [2.45, 2.75) is 70.6 Å². The zero-order chi connectivity index (χ0) is 15.3. The Morgan fingerprint density at radius 2 is 2.05 bits per heavy atom. The number of carbonyl (C=O) groups is 1. The molecule has 0 aromatic rings.